The van der Waals surface area contributed by atoms with Crippen molar-refractivity contribution in [1.29, 1.82) is 0 Å². The number of esters is 1. The summed E-state index contributed by atoms with van der Waals surface area (Å²) < 4.78 is 24.5. The predicted molar refractivity (Wildman–Crippen MR) is 133 cm³/mol. The van der Waals surface area contributed by atoms with E-state index >= 15 is 0 Å². The van der Waals surface area contributed by atoms with Crippen molar-refractivity contribution in [2.45, 2.75) is 13.3 Å². The molecule has 35 heavy (non-hydrogen) atoms. The van der Waals surface area contributed by atoms with Gasteiger partial charge in [0, 0.05) is 13.1 Å². The molecule has 0 bridgehead atoms. The highest BCUT2D eigenvalue weighted by molar-refractivity contribution is 6.33. The normalized spacial score (nSPS) is 17.2. The average Bonchev–Trinajstić information content (AvgIpc) is 3.31. The number of hydrogen-bond acceptors (Lipinski definition) is 4. The predicted octanol–water partition coefficient (Wildman–Crippen LogP) is 6.01. The van der Waals surface area contributed by atoms with Gasteiger partial charge in [0.25, 0.3) is 0 Å². The van der Waals surface area contributed by atoms with Gasteiger partial charge >= 0.3 is 12.0 Å². The summed E-state index contributed by atoms with van der Waals surface area (Å²) in [5.74, 6) is -0.0985. The van der Waals surface area contributed by atoms with Gasteiger partial charge in [0.2, 0.25) is 0 Å². The lowest BCUT2D eigenvalue weighted by Gasteiger charge is -2.27. The lowest BCUT2D eigenvalue weighted by atomic mass is 9.88. The molecule has 0 aliphatic carbocycles. The minimum Gasteiger partial charge on any atom is -0.492 e. The maximum Gasteiger partial charge on any atom is 0.321 e. The molecular formula is C27H26ClFN2O4. The molecule has 0 aromatic heterocycles. The van der Waals surface area contributed by atoms with E-state index in [9.17, 15) is 14.0 Å². The number of halogens is 2. The second-order valence-corrected chi connectivity index (χ2v) is 8.81. The number of likely N-dealkylation sites (tertiary alicyclic amines) is 1. The van der Waals surface area contributed by atoms with Crippen molar-refractivity contribution >= 4 is 29.3 Å². The van der Waals surface area contributed by atoms with Gasteiger partial charge < -0.3 is 19.7 Å². The first-order valence-electron chi connectivity index (χ1n) is 11.4. The molecule has 1 fully saturated rings. The van der Waals surface area contributed by atoms with Crippen LogP contribution in [0.5, 0.6) is 5.75 Å². The van der Waals surface area contributed by atoms with Crippen molar-refractivity contribution in [1.82, 2.24) is 4.90 Å². The van der Waals surface area contributed by atoms with E-state index in [0.29, 0.717) is 29.4 Å². The molecule has 0 radical (unpaired) electrons. The van der Waals surface area contributed by atoms with E-state index in [0.717, 1.165) is 11.1 Å². The van der Waals surface area contributed by atoms with Gasteiger partial charge in [-0.3, -0.25) is 4.79 Å². The number of carbonyl (C=O) groups is 2. The summed E-state index contributed by atoms with van der Waals surface area (Å²) in [6.45, 7) is 2.59. The number of benzene rings is 3. The van der Waals surface area contributed by atoms with Crippen LogP contribution in [-0.2, 0) is 9.53 Å². The maximum absolute atomic E-state index is 13.2. The number of carbonyl (C=O) groups excluding carboxylic acids is 2. The smallest absolute Gasteiger partial charge is 0.321 e. The maximum atomic E-state index is 13.2. The van der Waals surface area contributed by atoms with Crippen LogP contribution < -0.4 is 10.1 Å². The van der Waals surface area contributed by atoms with E-state index in [1.165, 1.54) is 12.1 Å². The standard InChI is InChI=1S/C27H26ClFN2O4/c1-2-34-25(32)27(15-16-31(17-27)26(33)30-24-6-4-3-5-23(24)28)18-35-22-13-9-20(10-14-22)19-7-11-21(29)12-8-19/h3-14H,2,15-18H2,1H3,(H,30,33). The minimum absolute atomic E-state index is 0.0671. The van der Waals surface area contributed by atoms with Gasteiger partial charge in [0.15, 0.2) is 0 Å². The second-order valence-electron chi connectivity index (χ2n) is 8.40. The van der Waals surface area contributed by atoms with Gasteiger partial charge in [-0.25, -0.2) is 9.18 Å². The Labute approximate surface area is 208 Å². The quantitative estimate of drug-likeness (QED) is 0.407. The van der Waals surface area contributed by atoms with Gasteiger partial charge in [0.1, 0.15) is 23.6 Å². The van der Waals surface area contributed by atoms with Crippen LogP contribution in [0.2, 0.25) is 5.02 Å². The zero-order chi connectivity index (χ0) is 24.8. The fourth-order valence-corrected chi connectivity index (χ4v) is 4.22. The number of amides is 2. The highest BCUT2D eigenvalue weighted by Gasteiger charge is 2.48. The Kier molecular flexibility index (Phi) is 7.56. The zero-order valence-electron chi connectivity index (χ0n) is 19.3. The third-order valence-corrected chi connectivity index (χ3v) is 6.34. The Morgan fingerprint density at radius 2 is 1.69 bits per heavy atom. The van der Waals surface area contributed by atoms with Crippen molar-refractivity contribution in [2.75, 3.05) is 31.6 Å². The summed E-state index contributed by atoms with van der Waals surface area (Å²) in [6, 6.07) is 20.2. The van der Waals surface area contributed by atoms with Gasteiger partial charge in [-0.1, -0.05) is 48.0 Å². The molecule has 6 nitrogen and oxygen atoms in total. The molecule has 1 aliphatic heterocycles. The van der Waals surface area contributed by atoms with Crippen molar-refractivity contribution in [2.24, 2.45) is 5.41 Å². The SMILES string of the molecule is CCOC(=O)C1(COc2ccc(-c3ccc(F)cc3)cc2)CCN(C(=O)Nc2ccccc2Cl)C1. The summed E-state index contributed by atoms with van der Waals surface area (Å²) >= 11 is 6.15. The molecule has 4 rings (SSSR count). The van der Waals surface area contributed by atoms with Crippen molar-refractivity contribution in [3.63, 3.8) is 0 Å². The first-order chi connectivity index (χ1) is 16.9. The van der Waals surface area contributed by atoms with Crippen LogP contribution >= 0.6 is 11.6 Å². The lowest BCUT2D eigenvalue weighted by molar-refractivity contribution is -0.156. The third-order valence-electron chi connectivity index (χ3n) is 6.01. The van der Waals surface area contributed by atoms with Crippen LogP contribution in [-0.4, -0.2) is 43.2 Å². The highest BCUT2D eigenvalue weighted by Crippen LogP contribution is 2.34. The summed E-state index contributed by atoms with van der Waals surface area (Å²) in [7, 11) is 0. The molecule has 2 amide bonds. The van der Waals surface area contributed by atoms with Crippen molar-refractivity contribution in [3.8, 4) is 16.9 Å². The number of rotatable bonds is 7. The Morgan fingerprint density at radius 1 is 1.03 bits per heavy atom. The molecule has 0 saturated carbocycles. The third kappa shape index (κ3) is 5.74. The molecule has 1 aliphatic rings. The van der Waals surface area contributed by atoms with Crippen LogP contribution in [0.4, 0.5) is 14.9 Å². The monoisotopic (exact) mass is 496 g/mol. The number of nitrogens with one attached hydrogen (secondary N) is 1. The zero-order valence-corrected chi connectivity index (χ0v) is 20.1. The number of anilines is 1. The fourth-order valence-electron chi connectivity index (χ4n) is 4.04. The van der Waals surface area contributed by atoms with Crippen molar-refractivity contribution in [3.05, 3.63) is 83.6 Å². The number of hydrogen-bond donors (Lipinski definition) is 1. The van der Waals surface area contributed by atoms with E-state index in [-0.39, 0.29) is 31.6 Å². The molecule has 1 N–H and O–H groups in total. The van der Waals surface area contributed by atoms with Crippen LogP contribution in [0.25, 0.3) is 11.1 Å². The van der Waals surface area contributed by atoms with Crippen LogP contribution in [0.1, 0.15) is 13.3 Å². The topological polar surface area (TPSA) is 67.9 Å². The van der Waals surface area contributed by atoms with Crippen LogP contribution in [0.15, 0.2) is 72.8 Å². The lowest BCUT2D eigenvalue weighted by Crippen LogP contribution is -2.43. The van der Waals surface area contributed by atoms with Crippen molar-refractivity contribution < 1.29 is 23.5 Å². The summed E-state index contributed by atoms with van der Waals surface area (Å²) in [5.41, 5.74) is 1.33. The Balaban J connectivity index is 1.44. The van der Waals surface area contributed by atoms with Gasteiger partial charge in [-0.2, -0.15) is 0 Å². The molecule has 3 aromatic rings. The number of nitrogens with zero attached hydrogens (tertiary/aromatic N) is 1. The largest absolute Gasteiger partial charge is 0.492 e. The molecule has 8 heteroatoms. The molecule has 182 valence electrons. The Bertz CT molecular complexity index is 1190. The summed E-state index contributed by atoms with van der Waals surface area (Å²) in [6.07, 6.45) is 0.412. The highest BCUT2D eigenvalue weighted by atomic mass is 35.5. The molecule has 1 heterocycles. The van der Waals surface area contributed by atoms with Crippen LogP contribution in [0.3, 0.4) is 0 Å². The average molecular weight is 497 g/mol. The van der Waals surface area contributed by atoms with E-state index in [2.05, 4.69) is 5.32 Å². The molecule has 3 aromatic carbocycles. The van der Waals surface area contributed by atoms with Gasteiger partial charge in [-0.05, 0) is 60.9 Å². The first kappa shape index (κ1) is 24.5. The molecule has 1 saturated heterocycles. The molecule has 1 unspecified atom stereocenters. The van der Waals surface area contributed by atoms with E-state index in [1.807, 2.05) is 12.1 Å². The molecular weight excluding hydrogens is 471 g/mol. The minimum atomic E-state index is -0.983. The van der Waals surface area contributed by atoms with E-state index in [4.69, 9.17) is 21.1 Å². The van der Waals surface area contributed by atoms with Crippen LogP contribution in [0, 0.1) is 11.2 Å². The number of urea groups is 1. The summed E-state index contributed by atoms with van der Waals surface area (Å²) in [4.78, 5) is 27.3. The van der Waals surface area contributed by atoms with Gasteiger partial charge in [0.05, 0.1) is 17.3 Å². The fraction of sp³-hybridized carbons (Fsp3) is 0.259. The van der Waals surface area contributed by atoms with E-state index < -0.39 is 11.4 Å². The summed E-state index contributed by atoms with van der Waals surface area (Å²) in [5, 5.41) is 3.23. The Morgan fingerprint density at radius 3 is 2.34 bits per heavy atom. The molecule has 0 spiro atoms. The second kappa shape index (κ2) is 10.8. The molecule has 1 atom stereocenters. The first-order valence-corrected chi connectivity index (χ1v) is 11.7. The Hall–Kier alpha value is -3.58. The van der Waals surface area contributed by atoms with Gasteiger partial charge in [-0.15, -0.1) is 0 Å². The van der Waals surface area contributed by atoms with E-state index in [1.54, 1.807) is 60.4 Å². The number of para-hydroxylation sites is 1. The number of ether oxygens (including phenoxy) is 2.